The number of amides is 2. The molecule has 7 heteroatoms. The van der Waals surface area contributed by atoms with E-state index in [2.05, 4.69) is 20.7 Å². The Labute approximate surface area is 148 Å². The highest BCUT2D eigenvalue weighted by Crippen LogP contribution is 2.28. The number of rotatable bonds is 6. The van der Waals surface area contributed by atoms with E-state index in [1.165, 1.54) is 25.7 Å². The van der Waals surface area contributed by atoms with Crippen LogP contribution in [0.15, 0.2) is 30.5 Å². The number of nitrogens with one attached hydrogen (secondary N) is 2. The maximum atomic E-state index is 12.0. The first-order chi connectivity index (χ1) is 12.1. The average Bonchev–Trinajstić information content (AvgIpc) is 3.29. The highest BCUT2D eigenvalue weighted by atomic mass is 16.2. The Kier molecular flexibility index (Phi) is 5.53. The van der Waals surface area contributed by atoms with Crippen molar-refractivity contribution in [3.63, 3.8) is 0 Å². The molecule has 0 aliphatic heterocycles. The Morgan fingerprint density at radius 1 is 1.16 bits per heavy atom. The minimum absolute atomic E-state index is 0.215. The van der Waals surface area contributed by atoms with Crippen LogP contribution in [0.4, 0.5) is 10.6 Å². The Hall–Kier alpha value is -2.57. The zero-order valence-corrected chi connectivity index (χ0v) is 14.9. The monoisotopic (exact) mass is 342 g/mol. The van der Waals surface area contributed by atoms with Crippen LogP contribution in [0.5, 0.6) is 0 Å². The van der Waals surface area contributed by atoms with Gasteiger partial charge in [-0.05, 0) is 31.0 Å². The highest BCUT2D eigenvalue weighted by Gasteiger charge is 2.17. The Balaban J connectivity index is 1.44. The van der Waals surface area contributed by atoms with Gasteiger partial charge in [0.05, 0.1) is 30.5 Å². The van der Waals surface area contributed by atoms with Crippen LogP contribution in [0.2, 0.25) is 0 Å². The summed E-state index contributed by atoms with van der Waals surface area (Å²) >= 11 is 0. The summed E-state index contributed by atoms with van der Waals surface area (Å²) in [7, 11) is 3.88. The van der Waals surface area contributed by atoms with Gasteiger partial charge in [0.1, 0.15) is 5.82 Å². The van der Waals surface area contributed by atoms with Gasteiger partial charge in [-0.3, -0.25) is 4.68 Å². The Morgan fingerprint density at radius 2 is 1.88 bits per heavy atom. The van der Waals surface area contributed by atoms with E-state index >= 15 is 0 Å². The van der Waals surface area contributed by atoms with Crippen molar-refractivity contribution in [1.29, 1.82) is 0 Å². The van der Waals surface area contributed by atoms with Crippen LogP contribution in [-0.2, 0) is 13.1 Å². The maximum Gasteiger partial charge on any atom is 0.315 e. The lowest BCUT2D eigenvalue weighted by Crippen LogP contribution is -2.35. The molecule has 1 aliphatic carbocycles. The molecule has 0 radical (unpaired) electrons. The fourth-order valence-corrected chi connectivity index (χ4v) is 3.06. The molecule has 2 heterocycles. The third-order valence-corrected chi connectivity index (χ3v) is 4.47. The van der Waals surface area contributed by atoms with Crippen molar-refractivity contribution in [2.24, 2.45) is 0 Å². The average molecular weight is 342 g/mol. The van der Waals surface area contributed by atoms with Crippen LogP contribution in [0.3, 0.4) is 0 Å². The van der Waals surface area contributed by atoms with E-state index in [0.717, 1.165) is 17.2 Å². The topological polar surface area (TPSA) is 75.1 Å². The second-order valence-electron chi connectivity index (χ2n) is 6.64. The normalized spacial score (nSPS) is 14.5. The minimum Gasteiger partial charge on any atom is -0.363 e. The number of anilines is 1. The molecule has 1 saturated carbocycles. The first-order valence-electron chi connectivity index (χ1n) is 8.81. The smallest absolute Gasteiger partial charge is 0.315 e. The molecular formula is C18H26N6O. The quantitative estimate of drug-likeness (QED) is 0.846. The van der Waals surface area contributed by atoms with Crippen LogP contribution in [-0.4, -0.2) is 34.9 Å². The van der Waals surface area contributed by atoms with Crippen LogP contribution in [0.25, 0.3) is 0 Å². The first-order valence-corrected chi connectivity index (χ1v) is 8.81. The third kappa shape index (κ3) is 4.71. The van der Waals surface area contributed by atoms with Gasteiger partial charge in [-0.1, -0.05) is 18.9 Å². The van der Waals surface area contributed by atoms with Gasteiger partial charge in [0.15, 0.2) is 0 Å². The highest BCUT2D eigenvalue weighted by molar-refractivity contribution is 5.73. The van der Waals surface area contributed by atoms with Crippen molar-refractivity contribution in [3.05, 3.63) is 41.9 Å². The SMILES string of the molecule is CN(C)c1cccc(CNC(=O)NCc2ccn(C3CCCC3)n2)n1. The van der Waals surface area contributed by atoms with Gasteiger partial charge in [0.25, 0.3) is 0 Å². The number of urea groups is 1. The predicted molar refractivity (Wildman–Crippen MR) is 97.4 cm³/mol. The number of carbonyl (C=O) groups excluding carboxylic acids is 1. The van der Waals surface area contributed by atoms with Crippen molar-refractivity contribution in [2.75, 3.05) is 19.0 Å². The molecule has 1 fully saturated rings. The first kappa shape index (κ1) is 17.3. The number of pyridine rings is 1. The summed E-state index contributed by atoms with van der Waals surface area (Å²) in [6.07, 6.45) is 6.98. The molecule has 2 aromatic heterocycles. The molecule has 2 amide bonds. The number of aromatic nitrogens is 3. The van der Waals surface area contributed by atoms with Gasteiger partial charge in [0.2, 0.25) is 0 Å². The van der Waals surface area contributed by atoms with Crippen molar-refractivity contribution < 1.29 is 4.79 Å². The fourth-order valence-electron chi connectivity index (χ4n) is 3.06. The second kappa shape index (κ2) is 8.00. The zero-order chi connectivity index (χ0) is 17.6. The number of carbonyl (C=O) groups is 1. The molecule has 3 rings (SSSR count). The lowest BCUT2D eigenvalue weighted by Gasteiger charge is -2.12. The molecule has 0 atom stereocenters. The summed E-state index contributed by atoms with van der Waals surface area (Å²) in [4.78, 5) is 18.4. The molecule has 1 aliphatic rings. The largest absolute Gasteiger partial charge is 0.363 e. The summed E-state index contributed by atoms with van der Waals surface area (Å²) in [5, 5.41) is 10.2. The van der Waals surface area contributed by atoms with Gasteiger partial charge in [-0.2, -0.15) is 5.10 Å². The van der Waals surface area contributed by atoms with Crippen LogP contribution in [0, 0.1) is 0 Å². The lowest BCUT2D eigenvalue weighted by molar-refractivity contribution is 0.240. The molecule has 0 aromatic carbocycles. The van der Waals surface area contributed by atoms with E-state index in [-0.39, 0.29) is 6.03 Å². The summed E-state index contributed by atoms with van der Waals surface area (Å²) in [5.41, 5.74) is 1.71. The van der Waals surface area contributed by atoms with Gasteiger partial charge in [-0.15, -0.1) is 0 Å². The maximum absolute atomic E-state index is 12.0. The van der Waals surface area contributed by atoms with E-state index in [1.807, 2.05) is 54.1 Å². The van der Waals surface area contributed by atoms with Crippen molar-refractivity contribution in [1.82, 2.24) is 25.4 Å². The second-order valence-corrected chi connectivity index (χ2v) is 6.64. The molecule has 0 spiro atoms. The molecule has 2 aromatic rings. The van der Waals surface area contributed by atoms with Crippen molar-refractivity contribution >= 4 is 11.8 Å². The van der Waals surface area contributed by atoms with Crippen molar-refractivity contribution in [3.8, 4) is 0 Å². The standard InChI is InChI=1S/C18H26N6O/c1-23(2)17-9-5-6-14(21-17)12-19-18(25)20-13-15-10-11-24(22-15)16-7-3-4-8-16/h5-6,9-11,16H,3-4,7-8,12-13H2,1-2H3,(H2,19,20,25). The Bertz CT molecular complexity index is 705. The van der Waals surface area contributed by atoms with Gasteiger partial charge < -0.3 is 15.5 Å². The molecule has 134 valence electrons. The van der Waals surface area contributed by atoms with Gasteiger partial charge in [-0.25, -0.2) is 9.78 Å². The summed E-state index contributed by atoms with van der Waals surface area (Å²) in [6, 6.07) is 8.05. The van der Waals surface area contributed by atoms with Gasteiger partial charge >= 0.3 is 6.03 Å². The zero-order valence-electron chi connectivity index (χ0n) is 14.9. The molecule has 2 N–H and O–H groups in total. The van der Waals surface area contributed by atoms with Gasteiger partial charge in [0, 0.05) is 20.3 Å². The minimum atomic E-state index is -0.215. The molecule has 0 bridgehead atoms. The third-order valence-electron chi connectivity index (χ3n) is 4.47. The van der Waals surface area contributed by atoms with Crippen LogP contribution >= 0.6 is 0 Å². The lowest BCUT2D eigenvalue weighted by atomic mass is 10.3. The number of hydrogen-bond acceptors (Lipinski definition) is 4. The summed E-state index contributed by atoms with van der Waals surface area (Å²) in [6.45, 7) is 0.820. The predicted octanol–water partition coefficient (Wildman–Crippen LogP) is 2.46. The van der Waals surface area contributed by atoms with E-state index in [9.17, 15) is 4.79 Å². The summed E-state index contributed by atoms with van der Waals surface area (Å²) in [5.74, 6) is 0.872. The molecule has 0 saturated heterocycles. The fraction of sp³-hybridized carbons (Fsp3) is 0.500. The Morgan fingerprint density at radius 3 is 2.60 bits per heavy atom. The van der Waals surface area contributed by atoms with Crippen molar-refractivity contribution in [2.45, 2.75) is 44.8 Å². The van der Waals surface area contributed by atoms with Crippen LogP contribution in [0.1, 0.15) is 43.1 Å². The van der Waals surface area contributed by atoms with E-state index in [4.69, 9.17) is 0 Å². The van der Waals surface area contributed by atoms with E-state index < -0.39 is 0 Å². The molecular weight excluding hydrogens is 316 g/mol. The number of nitrogens with zero attached hydrogens (tertiary/aromatic N) is 4. The molecule has 25 heavy (non-hydrogen) atoms. The molecule has 7 nitrogen and oxygen atoms in total. The molecule has 0 unspecified atom stereocenters. The van der Waals surface area contributed by atoms with Crippen LogP contribution < -0.4 is 15.5 Å². The number of hydrogen-bond donors (Lipinski definition) is 2. The van der Waals surface area contributed by atoms with E-state index in [1.54, 1.807) is 0 Å². The van der Waals surface area contributed by atoms with E-state index in [0.29, 0.717) is 19.1 Å². The summed E-state index contributed by atoms with van der Waals surface area (Å²) < 4.78 is 2.04.